The topological polar surface area (TPSA) is 83.1 Å². The largest absolute Gasteiger partial charge is 0.497 e. The maximum Gasteiger partial charge on any atom is 0.251 e. The fourth-order valence-corrected chi connectivity index (χ4v) is 4.24. The van der Waals surface area contributed by atoms with Crippen LogP contribution in [0, 0.1) is 0 Å². The van der Waals surface area contributed by atoms with Crippen LogP contribution in [0.15, 0.2) is 54.6 Å². The second-order valence-corrected chi connectivity index (χ2v) is 8.96. The van der Waals surface area contributed by atoms with Crippen LogP contribution < -0.4 is 15.4 Å². The number of ether oxygens (including phenoxy) is 2. The first-order chi connectivity index (χ1) is 16.5. The Bertz CT molecular complexity index is 945. The molecule has 1 unspecified atom stereocenters. The van der Waals surface area contributed by atoms with Crippen molar-refractivity contribution in [3.05, 3.63) is 65.7 Å². The lowest BCUT2D eigenvalue weighted by Gasteiger charge is -2.34. The Kier molecular flexibility index (Phi) is 8.16. The number of benzene rings is 2. The molecule has 1 saturated carbocycles. The van der Waals surface area contributed by atoms with Crippen LogP contribution in [0.3, 0.4) is 0 Å². The van der Waals surface area contributed by atoms with Crippen molar-refractivity contribution in [2.45, 2.75) is 24.4 Å². The van der Waals surface area contributed by atoms with Gasteiger partial charge in [-0.25, -0.2) is 0 Å². The number of nitrogens with one attached hydrogen (secondary N) is 2. The normalized spacial score (nSPS) is 21.1. The molecule has 8 heteroatoms. The Hall–Kier alpha value is -2.94. The smallest absolute Gasteiger partial charge is 0.251 e. The number of methoxy groups -OCH3 is 1. The van der Waals surface area contributed by atoms with Crippen molar-refractivity contribution in [1.82, 2.24) is 20.4 Å². The van der Waals surface area contributed by atoms with Crippen LogP contribution in [0.2, 0.25) is 0 Å². The van der Waals surface area contributed by atoms with Crippen LogP contribution in [0.4, 0.5) is 0 Å². The first-order valence-electron chi connectivity index (χ1n) is 11.8. The van der Waals surface area contributed by atoms with E-state index in [0.717, 1.165) is 25.3 Å². The van der Waals surface area contributed by atoms with E-state index < -0.39 is 6.04 Å². The molecule has 3 atom stereocenters. The molecule has 0 radical (unpaired) electrons. The number of carbonyl (C=O) groups excluding carboxylic acids is 2. The van der Waals surface area contributed by atoms with E-state index in [1.165, 1.54) is 5.56 Å². The highest BCUT2D eigenvalue weighted by Gasteiger charge is 2.38. The van der Waals surface area contributed by atoms with Crippen LogP contribution in [0.5, 0.6) is 5.75 Å². The van der Waals surface area contributed by atoms with Gasteiger partial charge in [0.2, 0.25) is 5.91 Å². The zero-order valence-electron chi connectivity index (χ0n) is 19.9. The average Bonchev–Trinajstić information content (AvgIpc) is 3.66. The summed E-state index contributed by atoms with van der Waals surface area (Å²) in [5, 5.41) is 6.28. The Balaban J connectivity index is 1.28. The summed E-state index contributed by atoms with van der Waals surface area (Å²) in [5.41, 5.74) is 1.80. The minimum Gasteiger partial charge on any atom is -0.497 e. The van der Waals surface area contributed by atoms with Crippen LogP contribution in [-0.4, -0.2) is 87.4 Å². The molecular weight excluding hydrogens is 432 g/mol. The third-order valence-electron chi connectivity index (χ3n) is 6.52. The standard InChI is InChI=1S/C26H34N4O4/c1-29-12-14-30(15-13-29)26(32)24(28-25(31)20-6-4-3-5-7-20)17-34-18-27-23-16-22(23)19-8-10-21(33-2)11-9-19/h3-11,22-24,27H,12-18H2,1-2H3,(H,28,31)/t22-,23?,24-/m0/s1. The Morgan fingerprint density at radius 3 is 2.41 bits per heavy atom. The Labute approximate surface area is 201 Å². The van der Waals surface area contributed by atoms with Gasteiger partial charge in [0.05, 0.1) is 20.4 Å². The highest BCUT2D eigenvalue weighted by atomic mass is 16.5. The summed E-state index contributed by atoms with van der Waals surface area (Å²) >= 11 is 0. The van der Waals surface area contributed by atoms with Gasteiger partial charge in [0.1, 0.15) is 11.8 Å². The third-order valence-corrected chi connectivity index (χ3v) is 6.52. The summed E-state index contributed by atoms with van der Waals surface area (Å²) in [5.74, 6) is 0.937. The Morgan fingerprint density at radius 2 is 1.74 bits per heavy atom. The zero-order valence-corrected chi connectivity index (χ0v) is 19.9. The summed E-state index contributed by atoms with van der Waals surface area (Å²) in [6.07, 6.45) is 1.05. The van der Waals surface area contributed by atoms with Crippen LogP contribution >= 0.6 is 0 Å². The second kappa shape index (κ2) is 11.5. The highest BCUT2D eigenvalue weighted by molar-refractivity contribution is 5.97. The average molecular weight is 467 g/mol. The van der Waals surface area contributed by atoms with E-state index in [2.05, 4.69) is 27.7 Å². The molecule has 1 aliphatic heterocycles. The number of likely N-dealkylation sites (N-methyl/N-ethyl adjacent to an activating group) is 1. The van der Waals surface area contributed by atoms with E-state index in [1.54, 1.807) is 19.2 Å². The highest BCUT2D eigenvalue weighted by Crippen LogP contribution is 2.41. The molecule has 0 bridgehead atoms. The van der Waals surface area contributed by atoms with Gasteiger partial charge in [0.25, 0.3) is 5.91 Å². The van der Waals surface area contributed by atoms with Gasteiger partial charge < -0.3 is 24.6 Å². The van der Waals surface area contributed by atoms with Gasteiger partial charge in [-0.2, -0.15) is 0 Å². The van der Waals surface area contributed by atoms with Gasteiger partial charge in [-0.05, 0) is 43.3 Å². The zero-order chi connectivity index (χ0) is 23.9. The van der Waals surface area contributed by atoms with E-state index in [-0.39, 0.29) is 18.4 Å². The minimum absolute atomic E-state index is 0.0973. The first kappa shape index (κ1) is 24.2. The van der Waals surface area contributed by atoms with Gasteiger partial charge in [0, 0.05) is 43.7 Å². The van der Waals surface area contributed by atoms with E-state index in [1.807, 2.05) is 42.3 Å². The van der Waals surface area contributed by atoms with E-state index in [9.17, 15) is 9.59 Å². The number of carbonyl (C=O) groups is 2. The summed E-state index contributed by atoms with van der Waals surface area (Å²) in [6, 6.07) is 16.7. The van der Waals surface area contributed by atoms with Crippen molar-refractivity contribution in [3.63, 3.8) is 0 Å². The van der Waals surface area contributed by atoms with Crippen LogP contribution in [-0.2, 0) is 9.53 Å². The van der Waals surface area contributed by atoms with Gasteiger partial charge in [0.15, 0.2) is 0 Å². The third kappa shape index (κ3) is 6.34. The molecule has 2 aromatic carbocycles. The SMILES string of the molecule is COc1ccc([C@@H]2CC2NCOC[C@H](NC(=O)c2ccccc2)C(=O)N2CCN(C)CC2)cc1. The predicted octanol–water partition coefficient (Wildman–Crippen LogP) is 1.69. The van der Waals surface area contributed by atoms with Crippen molar-refractivity contribution in [1.29, 1.82) is 0 Å². The molecule has 0 spiro atoms. The van der Waals surface area contributed by atoms with Crippen LogP contribution in [0.25, 0.3) is 0 Å². The molecule has 1 saturated heterocycles. The van der Waals surface area contributed by atoms with Crippen molar-refractivity contribution >= 4 is 11.8 Å². The monoisotopic (exact) mass is 466 g/mol. The number of amides is 2. The molecule has 2 fully saturated rings. The fourth-order valence-electron chi connectivity index (χ4n) is 4.24. The maximum atomic E-state index is 13.2. The lowest BCUT2D eigenvalue weighted by molar-refractivity contribution is -0.136. The molecule has 1 heterocycles. The molecule has 0 aromatic heterocycles. The van der Waals surface area contributed by atoms with Gasteiger partial charge in [-0.1, -0.05) is 30.3 Å². The molecule has 2 aliphatic rings. The molecule has 2 amide bonds. The van der Waals surface area contributed by atoms with Crippen LogP contribution in [0.1, 0.15) is 28.3 Å². The molecule has 182 valence electrons. The number of hydrogen-bond acceptors (Lipinski definition) is 6. The molecular formula is C26H34N4O4. The fraction of sp³-hybridized carbons (Fsp3) is 0.462. The molecule has 1 aliphatic carbocycles. The van der Waals surface area contributed by atoms with E-state index in [4.69, 9.17) is 9.47 Å². The first-order valence-corrected chi connectivity index (χ1v) is 11.8. The quantitative estimate of drug-likeness (QED) is 0.410. The van der Waals surface area contributed by atoms with E-state index in [0.29, 0.717) is 37.3 Å². The molecule has 34 heavy (non-hydrogen) atoms. The molecule has 2 N–H and O–H groups in total. The summed E-state index contributed by atoms with van der Waals surface area (Å²) < 4.78 is 11.1. The Morgan fingerprint density at radius 1 is 1.03 bits per heavy atom. The molecule has 8 nitrogen and oxygen atoms in total. The minimum atomic E-state index is -0.727. The second-order valence-electron chi connectivity index (χ2n) is 8.96. The van der Waals surface area contributed by atoms with E-state index >= 15 is 0 Å². The van der Waals surface area contributed by atoms with Gasteiger partial charge >= 0.3 is 0 Å². The summed E-state index contributed by atoms with van der Waals surface area (Å²) in [6.45, 7) is 3.39. The summed E-state index contributed by atoms with van der Waals surface area (Å²) in [7, 11) is 3.71. The maximum absolute atomic E-state index is 13.2. The number of rotatable bonds is 10. The predicted molar refractivity (Wildman–Crippen MR) is 130 cm³/mol. The van der Waals surface area contributed by atoms with Gasteiger partial charge in [-0.15, -0.1) is 0 Å². The molecule has 2 aromatic rings. The van der Waals surface area contributed by atoms with Crippen molar-refractivity contribution in [3.8, 4) is 5.75 Å². The number of hydrogen-bond donors (Lipinski definition) is 2. The van der Waals surface area contributed by atoms with Gasteiger partial charge in [-0.3, -0.25) is 14.9 Å². The van der Waals surface area contributed by atoms with Crippen molar-refractivity contribution in [2.75, 3.05) is 53.7 Å². The summed E-state index contributed by atoms with van der Waals surface area (Å²) in [4.78, 5) is 29.9. The van der Waals surface area contributed by atoms with Crippen molar-refractivity contribution in [2.24, 2.45) is 0 Å². The molecule has 4 rings (SSSR count). The number of nitrogens with zero attached hydrogens (tertiary/aromatic N) is 2. The lowest BCUT2D eigenvalue weighted by atomic mass is 10.1. The lowest BCUT2D eigenvalue weighted by Crippen LogP contribution is -2.55. The number of piperazine rings is 1. The van der Waals surface area contributed by atoms with Crippen molar-refractivity contribution < 1.29 is 19.1 Å².